The van der Waals surface area contributed by atoms with Crippen molar-refractivity contribution >= 4 is 5.91 Å². The van der Waals surface area contributed by atoms with Crippen LogP contribution in [0.5, 0.6) is 23.1 Å². The van der Waals surface area contributed by atoms with Crippen molar-refractivity contribution in [1.29, 1.82) is 0 Å². The van der Waals surface area contributed by atoms with Gasteiger partial charge >= 0.3 is 6.61 Å². The normalized spacial score (nSPS) is 10.6. The Morgan fingerprint density at radius 3 is 2.60 bits per heavy atom. The van der Waals surface area contributed by atoms with E-state index in [1.165, 1.54) is 55.8 Å². The highest BCUT2D eigenvalue weighted by Crippen LogP contribution is 2.32. The molecule has 0 aliphatic heterocycles. The van der Waals surface area contributed by atoms with Crippen LogP contribution in [0, 0.1) is 5.82 Å². The highest BCUT2D eigenvalue weighted by Gasteiger charge is 2.20. The predicted octanol–water partition coefficient (Wildman–Crippen LogP) is 4.55. The molecule has 0 saturated heterocycles. The van der Waals surface area contributed by atoms with E-state index in [-0.39, 0.29) is 35.3 Å². The maximum atomic E-state index is 13.0. The van der Waals surface area contributed by atoms with Gasteiger partial charge in [0.2, 0.25) is 5.88 Å². The van der Waals surface area contributed by atoms with E-state index in [0.29, 0.717) is 11.3 Å². The van der Waals surface area contributed by atoms with Crippen molar-refractivity contribution in [1.82, 2.24) is 10.3 Å². The van der Waals surface area contributed by atoms with Gasteiger partial charge in [0.1, 0.15) is 11.6 Å². The first-order valence-electron chi connectivity index (χ1n) is 8.74. The maximum Gasteiger partial charge on any atom is 0.387 e. The summed E-state index contributed by atoms with van der Waals surface area (Å²) in [5.41, 5.74) is 0.557. The maximum absolute atomic E-state index is 13.0. The molecule has 1 N–H and O–H groups in total. The number of hydrogen-bond donors (Lipinski definition) is 1. The number of hydrogen-bond acceptors (Lipinski definition) is 5. The van der Waals surface area contributed by atoms with Crippen LogP contribution >= 0.6 is 0 Å². The van der Waals surface area contributed by atoms with Crippen molar-refractivity contribution < 1.29 is 32.2 Å². The van der Waals surface area contributed by atoms with E-state index in [2.05, 4.69) is 15.0 Å². The van der Waals surface area contributed by atoms with Gasteiger partial charge in [-0.05, 0) is 48.0 Å². The van der Waals surface area contributed by atoms with Crippen LogP contribution in [0.4, 0.5) is 13.2 Å². The van der Waals surface area contributed by atoms with E-state index < -0.39 is 12.5 Å². The van der Waals surface area contributed by atoms with E-state index in [9.17, 15) is 18.0 Å². The van der Waals surface area contributed by atoms with Crippen LogP contribution in [0.15, 0.2) is 60.8 Å². The number of para-hydroxylation sites is 1. The Balaban J connectivity index is 1.70. The van der Waals surface area contributed by atoms with Crippen molar-refractivity contribution in [3.05, 3.63) is 77.7 Å². The Hall–Kier alpha value is -3.75. The molecule has 0 radical (unpaired) electrons. The average molecular weight is 418 g/mol. The zero-order valence-corrected chi connectivity index (χ0v) is 15.8. The van der Waals surface area contributed by atoms with Crippen LogP contribution in [-0.2, 0) is 6.54 Å². The first-order chi connectivity index (χ1) is 14.5. The predicted molar refractivity (Wildman–Crippen MR) is 102 cm³/mol. The monoisotopic (exact) mass is 418 g/mol. The molecule has 1 heterocycles. The summed E-state index contributed by atoms with van der Waals surface area (Å²) < 4.78 is 53.4. The highest BCUT2D eigenvalue weighted by molar-refractivity contribution is 5.97. The molecule has 156 valence electrons. The molecule has 1 amide bonds. The molecule has 30 heavy (non-hydrogen) atoms. The summed E-state index contributed by atoms with van der Waals surface area (Å²) in [4.78, 5) is 16.6. The molecule has 0 fully saturated rings. The summed E-state index contributed by atoms with van der Waals surface area (Å²) >= 11 is 0. The molecular weight excluding hydrogens is 401 g/mol. The lowest BCUT2D eigenvalue weighted by Gasteiger charge is -2.14. The van der Waals surface area contributed by atoms with Crippen molar-refractivity contribution in [3.63, 3.8) is 0 Å². The van der Waals surface area contributed by atoms with Gasteiger partial charge in [-0.1, -0.05) is 6.07 Å². The van der Waals surface area contributed by atoms with Crippen LogP contribution in [0.25, 0.3) is 0 Å². The number of ether oxygens (including phenoxy) is 3. The SMILES string of the molecule is COc1cccc(C(=O)NCc2ccnc(Oc3ccc(F)cc3)c2)c1OC(F)F. The third-order valence-electron chi connectivity index (χ3n) is 3.94. The van der Waals surface area contributed by atoms with Crippen molar-refractivity contribution in [2.45, 2.75) is 13.2 Å². The van der Waals surface area contributed by atoms with Gasteiger partial charge < -0.3 is 19.5 Å². The van der Waals surface area contributed by atoms with Gasteiger partial charge in [-0.25, -0.2) is 9.37 Å². The number of rotatable bonds is 8. The fraction of sp³-hybridized carbons (Fsp3) is 0.143. The van der Waals surface area contributed by atoms with Crippen LogP contribution in [0.1, 0.15) is 15.9 Å². The first-order valence-corrected chi connectivity index (χ1v) is 8.74. The Bertz CT molecular complexity index is 1010. The zero-order valence-electron chi connectivity index (χ0n) is 15.8. The summed E-state index contributed by atoms with van der Waals surface area (Å²) in [5.74, 6) is -0.696. The Labute approximate surface area is 170 Å². The molecule has 6 nitrogen and oxygen atoms in total. The minimum Gasteiger partial charge on any atom is -0.493 e. The van der Waals surface area contributed by atoms with Crippen LogP contribution in [0.3, 0.4) is 0 Å². The van der Waals surface area contributed by atoms with Crippen LogP contribution in [-0.4, -0.2) is 24.6 Å². The van der Waals surface area contributed by atoms with Gasteiger partial charge in [0.05, 0.1) is 12.7 Å². The number of amides is 1. The number of nitrogens with zero attached hydrogens (tertiary/aromatic N) is 1. The number of carbonyl (C=O) groups excluding carboxylic acids is 1. The summed E-state index contributed by atoms with van der Waals surface area (Å²) in [6, 6.07) is 12.9. The quantitative estimate of drug-likeness (QED) is 0.581. The minimum atomic E-state index is -3.11. The molecule has 0 atom stereocenters. The fourth-order valence-corrected chi connectivity index (χ4v) is 2.58. The molecule has 0 saturated carbocycles. The van der Waals surface area contributed by atoms with E-state index in [4.69, 9.17) is 9.47 Å². The lowest BCUT2D eigenvalue weighted by molar-refractivity contribution is -0.0515. The van der Waals surface area contributed by atoms with Gasteiger partial charge in [0, 0.05) is 18.8 Å². The lowest BCUT2D eigenvalue weighted by Crippen LogP contribution is -2.24. The third-order valence-corrected chi connectivity index (χ3v) is 3.94. The van der Waals surface area contributed by atoms with E-state index >= 15 is 0 Å². The number of aromatic nitrogens is 1. The van der Waals surface area contributed by atoms with Crippen LogP contribution < -0.4 is 19.5 Å². The number of methoxy groups -OCH3 is 1. The van der Waals surface area contributed by atoms with E-state index in [1.54, 1.807) is 12.1 Å². The van der Waals surface area contributed by atoms with Crippen LogP contribution in [0.2, 0.25) is 0 Å². The molecule has 1 aromatic heterocycles. The second-order valence-corrected chi connectivity index (χ2v) is 5.96. The second-order valence-electron chi connectivity index (χ2n) is 5.96. The molecule has 2 aromatic carbocycles. The topological polar surface area (TPSA) is 69.7 Å². The molecule has 9 heteroatoms. The molecule has 0 bridgehead atoms. The summed E-state index contributed by atoms with van der Waals surface area (Å²) in [7, 11) is 1.29. The number of nitrogens with one attached hydrogen (secondary N) is 1. The minimum absolute atomic E-state index is 0.0156. The molecule has 0 spiro atoms. The van der Waals surface area contributed by atoms with Crippen molar-refractivity contribution in [2.75, 3.05) is 7.11 Å². The van der Waals surface area contributed by atoms with Gasteiger partial charge in [0.25, 0.3) is 5.91 Å². The number of benzene rings is 2. The number of carbonyl (C=O) groups is 1. The molecule has 3 aromatic rings. The van der Waals surface area contributed by atoms with E-state index in [0.717, 1.165) is 0 Å². The fourth-order valence-electron chi connectivity index (χ4n) is 2.58. The van der Waals surface area contributed by atoms with Gasteiger partial charge in [-0.3, -0.25) is 4.79 Å². The van der Waals surface area contributed by atoms with Gasteiger partial charge in [-0.15, -0.1) is 0 Å². The van der Waals surface area contributed by atoms with Crippen molar-refractivity contribution in [2.24, 2.45) is 0 Å². The van der Waals surface area contributed by atoms with Gasteiger partial charge in [-0.2, -0.15) is 8.78 Å². The Morgan fingerprint density at radius 1 is 1.13 bits per heavy atom. The highest BCUT2D eigenvalue weighted by atomic mass is 19.3. The molecule has 0 aliphatic carbocycles. The average Bonchev–Trinajstić information content (AvgIpc) is 2.74. The molecule has 0 unspecified atom stereocenters. The Kier molecular flexibility index (Phi) is 6.74. The molecule has 3 rings (SSSR count). The molecule has 0 aliphatic rings. The number of halogens is 3. The lowest BCUT2D eigenvalue weighted by atomic mass is 10.1. The number of alkyl halides is 2. The second kappa shape index (κ2) is 9.64. The van der Waals surface area contributed by atoms with Gasteiger partial charge in [0.15, 0.2) is 11.5 Å². The Morgan fingerprint density at radius 2 is 1.90 bits per heavy atom. The standard InChI is InChI=1S/C21H17F3N2O4/c1-28-17-4-2-3-16(19(17)30-21(23)24)20(27)26-12-13-9-10-25-18(11-13)29-15-7-5-14(22)6-8-15/h2-11,21H,12H2,1H3,(H,26,27). The summed E-state index contributed by atoms with van der Waals surface area (Å²) in [5, 5.41) is 2.63. The third kappa shape index (κ3) is 5.40. The largest absolute Gasteiger partial charge is 0.493 e. The van der Waals surface area contributed by atoms with Crippen molar-refractivity contribution in [3.8, 4) is 23.1 Å². The smallest absolute Gasteiger partial charge is 0.387 e. The van der Waals surface area contributed by atoms with E-state index in [1.807, 2.05) is 0 Å². The number of pyridine rings is 1. The molecular formula is C21H17F3N2O4. The first kappa shape index (κ1) is 21.0. The summed E-state index contributed by atoms with van der Waals surface area (Å²) in [6.45, 7) is -3.04. The summed E-state index contributed by atoms with van der Waals surface area (Å²) in [6.07, 6.45) is 1.48. The zero-order chi connectivity index (χ0) is 21.5.